The Morgan fingerprint density at radius 2 is 1.60 bits per heavy atom. The molecule has 2 nitrogen and oxygen atoms in total. The van der Waals surface area contributed by atoms with Crippen molar-refractivity contribution < 1.29 is 0 Å². The quantitative estimate of drug-likeness (QED) is 0.790. The summed E-state index contributed by atoms with van der Waals surface area (Å²) in [6.45, 7) is 2.19. The molecule has 0 fully saturated rings. The average molecular weight is 284 g/mol. The van der Waals surface area contributed by atoms with Crippen LogP contribution in [0.25, 0.3) is 0 Å². The molecule has 1 unspecified atom stereocenters. The van der Waals surface area contributed by atoms with Crippen molar-refractivity contribution in [3.05, 3.63) is 66.2 Å². The van der Waals surface area contributed by atoms with Crippen molar-refractivity contribution in [1.82, 2.24) is 5.32 Å². The van der Waals surface area contributed by atoms with E-state index in [0.29, 0.717) is 5.11 Å². The van der Waals surface area contributed by atoms with Crippen LogP contribution in [-0.4, -0.2) is 5.11 Å². The number of hydrogen-bond acceptors (Lipinski definition) is 1. The van der Waals surface area contributed by atoms with E-state index >= 15 is 0 Å². The fraction of sp³-hybridized carbons (Fsp3) is 0.235. The molecule has 20 heavy (non-hydrogen) atoms. The van der Waals surface area contributed by atoms with Gasteiger partial charge in [-0.15, -0.1) is 0 Å². The van der Waals surface area contributed by atoms with Crippen LogP contribution < -0.4 is 10.6 Å². The number of benzene rings is 2. The van der Waals surface area contributed by atoms with Crippen molar-refractivity contribution in [2.75, 3.05) is 5.32 Å². The average Bonchev–Trinajstić information content (AvgIpc) is 2.49. The molecular formula is C17H20N2S. The molecule has 2 aromatic rings. The lowest BCUT2D eigenvalue weighted by Gasteiger charge is -2.21. The highest BCUT2D eigenvalue weighted by molar-refractivity contribution is 7.80. The van der Waals surface area contributed by atoms with E-state index in [9.17, 15) is 0 Å². The highest BCUT2D eigenvalue weighted by Crippen LogP contribution is 2.18. The summed E-state index contributed by atoms with van der Waals surface area (Å²) >= 11 is 5.40. The van der Waals surface area contributed by atoms with Crippen molar-refractivity contribution in [3.63, 3.8) is 0 Å². The summed E-state index contributed by atoms with van der Waals surface area (Å²) in [5.41, 5.74) is 2.28. The van der Waals surface area contributed by atoms with Crippen LogP contribution in [0.15, 0.2) is 60.7 Å². The highest BCUT2D eigenvalue weighted by atomic mass is 32.1. The standard InChI is InChI=1S/C17H20N2S/c1-2-9-16(14-10-5-3-6-11-14)19-17(20)18-15-12-7-4-8-13-15/h3-8,10-13,16H,2,9H2,1H3,(H2,18,19,20). The molecule has 0 saturated heterocycles. The maximum atomic E-state index is 5.40. The lowest BCUT2D eigenvalue weighted by molar-refractivity contribution is 0.584. The molecule has 0 bridgehead atoms. The number of rotatable bonds is 5. The molecule has 0 aliphatic rings. The molecule has 2 aromatic carbocycles. The molecule has 2 N–H and O–H groups in total. The number of nitrogens with one attached hydrogen (secondary N) is 2. The number of hydrogen-bond donors (Lipinski definition) is 2. The van der Waals surface area contributed by atoms with Crippen LogP contribution in [0.5, 0.6) is 0 Å². The van der Waals surface area contributed by atoms with E-state index in [1.54, 1.807) is 0 Å². The van der Waals surface area contributed by atoms with E-state index in [1.807, 2.05) is 36.4 Å². The lowest BCUT2D eigenvalue weighted by Crippen LogP contribution is -2.32. The summed E-state index contributed by atoms with van der Waals surface area (Å²) in [6.07, 6.45) is 2.17. The van der Waals surface area contributed by atoms with Crippen LogP contribution in [0.3, 0.4) is 0 Å². The number of para-hydroxylation sites is 1. The zero-order valence-corrected chi connectivity index (χ0v) is 12.5. The normalized spacial score (nSPS) is 11.7. The van der Waals surface area contributed by atoms with Gasteiger partial charge in [0.05, 0.1) is 6.04 Å². The van der Waals surface area contributed by atoms with Gasteiger partial charge in [0, 0.05) is 5.69 Å². The molecule has 0 aliphatic carbocycles. The summed E-state index contributed by atoms with van der Waals surface area (Å²) in [6, 6.07) is 20.7. The van der Waals surface area contributed by atoms with E-state index in [2.05, 4.69) is 41.8 Å². The zero-order chi connectivity index (χ0) is 14.2. The molecule has 0 spiro atoms. The molecule has 0 saturated carbocycles. The van der Waals surface area contributed by atoms with Gasteiger partial charge in [0.2, 0.25) is 0 Å². The van der Waals surface area contributed by atoms with Crippen molar-refractivity contribution in [2.24, 2.45) is 0 Å². The second-order valence-corrected chi connectivity index (χ2v) is 5.12. The first-order chi connectivity index (χ1) is 9.79. The topological polar surface area (TPSA) is 24.1 Å². The minimum Gasteiger partial charge on any atom is -0.356 e. The predicted octanol–water partition coefficient (Wildman–Crippen LogP) is 4.51. The monoisotopic (exact) mass is 284 g/mol. The maximum absolute atomic E-state index is 5.40. The van der Waals surface area contributed by atoms with Gasteiger partial charge in [-0.25, -0.2) is 0 Å². The largest absolute Gasteiger partial charge is 0.356 e. The van der Waals surface area contributed by atoms with Crippen LogP contribution in [-0.2, 0) is 0 Å². The Hall–Kier alpha value is -1.87. The van der Waals surface area contributed by atoms with Crippen LogP contribution in [0.2, 0.25) is 0 Å². The van der Waals surface area contributed by atoms with Gasteiger partial charge >= 0.3 is 0 Å². The Bertz CT molecular complexity index is 525. The molecule has 0 aromatic heterocycles. The Kier molecular flexibility index (Phi) is 5.56. The van der Waals surface area contributed by atoms with Gasteiger partial charge < -0.3 is 10.6 Å². The van der Waals surface area contributed by atoms with Gasteiger partial charge in [-0.2, -0.15) is 0 Å². The highest BCUT2D eigenvalue weighted by Gasteiger charge is 2.11. The maximum Gasteiger partial charge on any atom is 0.171 e. The van der Waals surface area contributed by atoms with Gasteiger partial charge in [0.1, 0.15) is 0 Å². The zero-order valence-electron chi connectivity index (χ0n) is 11.7. The van der Waals surface area contributed by atoms with E-state index in [0.717, 1.165) is 18.5 Å². The summed E-state index contributed by atoms with van der Waals surface area (Å²) in [5, 5.41) is 7.29. The third-order valence-electron chi connectivity index (χ3n) is 3.12. The third-order valence-corrected chi connectivity index (χ3v) is 3.34. The van der Waals surface area contributed by atoms with Crippen molar-refractivity contribution in [1.29, 1.82) is 0 Å². The van der Waals surface area contributed by atoms with E-state index in [-0.39, 0.29) is 6.04 Å². The smallest absolute Gasteiger partial charge is 0.171 e. The SMILES string of the molecule is CCCC(NC(=S)Nc1ccccc1)c1ccccc1. The Morgan fingerprint density at radius 3 is 2.20 bits per heavy atom. The summed E-state index contributed by atoms with van der Waals surface area (Å²) < 4.78 is 0. The molecule has 0 aliphatic heterocycles. The van der Waals surface area contributed by atoms with Crippen LogP contribution >= 0.6 is 12.2 Å². The first kappa shape index (κ1) is 14.5. The third kappa shape index (κ3) is 4.35. The fourth-order valence-corrected chi connectivity index (χ4v) is 2.40. The minimum absolute atomic E-state index is 0.255. The Balaban J connectivity index is 1.99. The molecule has 3 heteroatoms. The van der Waals surface area contributed by atoms with Gasteiger partial charge in [0.15, 0.2) is 5.11 Å². The number of anilines is 1. The second kappa shape index (κ2) is 7.65. The minimum atomic E-state index is 0.255. The van der Waals surface area contributed by atoms with Crippen molar-refractivity contribution in [2.45, 2.75) is 25.8 Å². The summed E-state index contributed by atoms with van der Waals surface area (Å²) in [5.74, 6) is 0. The molecule has 2 rings (SSSR count). The molecule has 104 valence electrons. The summed E-state index contributed by atoms with van der Waals surface area (Å²) in [4.78, 5) is 0. The van der Waals surface area contributed by atoms with Crippen LogP contribution in [0, 0.1) is 0 Å². The van der Waals surface area contributed by atoms with Gasteiger partial charge in [-0.1, -0.05) is 61.9 Å². The molecule has 1 atom stereocenters. The van der Waals surface area contributed by atoms with E-state index in [1.165, 1.54) is 5.56 Å². The molecule has 0 amide bonds. The van der Waals surface area contributed by atoms with Gasteiger partial charge in [-0.05, 0) is 36.3 Å². The summed E-state index contributed by atoms with van der Waals surface area (Å²) in [7, 11) is 0. The van der Waals surface area contributed by atoms with Crippen molar-refractivity contribution >= 4 is 23.0 Å². The number of thiocarbonyl (C=S) groups is 1. The lowest BCUT2D eigenvalue weighted by atomic mass is 10.0. The van der Waals surface area contributed by atoms with Crippen LogP contribution in [0.1, 0.15) is 31.4 Å². The van der Waals surface area contributed by atoms with Crippen molar-refractivity contribution in [3.8, 4) is 0 Å². The van der Waals surface area contributed by atoms with E-state index in [4.69, 9.17) is 12.2 Å². The first-order valence-corrected chi connectivity index (χ1v) is 7.38. The van der Waals surface area contributed by atoms with E-state index < -0.39 is 0 Å². The van der Waals surface area contributed by atoms with Gasteiger partial charge in [-0.3, -0.25) is 0 Å². The van der Waals surface area contributed by atoms with Crippen LogP contribution in [0.4, 0.5) is 5.69 Å². The Labute approximate surface area is 126 Å². The Morgan fingerprint density at radius 1 is 1.00 bits per heavy atom. The van der Waals surface area contributed by atoms with Gasteiger partial charge in [0.25, 0.3) is 0 Å². The molecule has 0 heterocycles. The molecular weight excluding hydrogens is 264 g/mol. The first-order valence-electron chi connectivity index (χ1n) is 6.97. The fourth-order valence-electron chi connectivity index (χ4n) is 2.14. The second-order valence-electron chi connectivity index (χ2n) is 4.72. The predicted molar refractivity (Wildman–Crippen MR) is 89.9 cm³/mol. The molecule has 0 radical (unpaired) electrons.